The molecule has 3 N–H and O–H groups in total. The molecule has 162 valence electrons. The Labute approximate surface area is 175 Å². The van der Waals surface area contributed by atoms with E-state index in [4.69, 9.17) is 14.5 Å². The highest BCUT2D eigenvalue weighted by molar-refractivity contribution is 5.79. The number of hydrogen-bond donors (Lipinski definition) is 3. The number of phenolic OH excluding ortho intramolecular Hbond substituents is 1. The molecule has 0 saturated carbocycles. The van der Waals surface area contributed by atoms with Crippen molar-refractivity contribution in [3.8, 4) is 5.75 Å². The number of fused-ring (bicyclic) bond motifs is 1. The number of nitrogens with one attached hydrogen (secondary N) is 2. The van der Waals surface area contributed by atoms with Gasteiger partial charge in [-0.3, -0.25) is 0 Å². The van der Waals surface area contributed by atoms with E-state index in [9.17, 15) is 5.11 Å². The van der Waals surface area contributed by atoms with E-state index in [0.717, 1.165) is 83.1 Å². The average Bonchev–Trinajstić information content (AvgIpc) is 2.76. The molecule has 0 amide bonds. The molecule has 1 aromatic rings. The maximum absolute atomic E-state index is 10.4. The number of aryl methyl sites for hydroxylation is 1. The Balaban J connectivity index is 1.44. The summed E-state index contributed by atoms with van der Waals surface area (Å²) in [6, 6.07) is 3.89. The highest BCUT2D eigenvalue weighted by Crippen LogP contribution is 2.31. The van der Waals surface area contributed by atoms with Crippen molar-refractivity contribution >= 4 is 5.96 Å². The van der Waals surface area contributed by atoms with Gasteiger partial charge in [0.25, 0.3) is 0 Å². The summed E-state index contributed by atoms with van der Waals surface area (Å²) >= 11 is 0. The first kappa shape index (κ1) is 21.9. The molecule has 29 heavy (non-hydrogen) atoms. The number of ether oxygens (including phenoxy) is 2. The van der Waals surface area contributed by atoms with Gasteiger partial charge in [0.2, 0.25) is 0 Å². The first-order valence-corrected chi connectivity index (χ1v) is 11.3. The Kier molecular flexibility index (Phi) is 9.09. The number of guanidine groups is 1. The number of nitrogens with zero attached hydrogens (tertiary/aromatic N) is 1. The van der Waals surface area contributed by atoms with Gasteiger partial charge in [0.1, 0.15) is 5.75 Å². The average molecular weight is 404 g/mol. The van der Waals surface area contributed by atoms with Crippen LogP contribution in [0.5, 0.6) is 5.75 Å². The van der Waals surface area contributed by atoms with E-state index in [2.05, 4.69) is 23.6 Å². The Morgan fingerprint density at radius 1 is 1.21 bits per heavy atom. The van der Waals surface area contributed by atoms with E-state index >= 15 is 0 Å². The molecular formula is C23H37N3O3. The van der Waals surface area contributed by atoms with Gasteiger partial charge in [-0.2, -0.15) is 0 Å². The van der Waals surface area contributed by atoms with E-state index < -0.39 is 0 Å². The number of phenols is 1. The molecule has 0 atom stereocenters. The fraction of sp³-hybridized carbons (Fsp3) is 0.696. The maximum atomic E-state index is 10.4. The van der Waals surface area contributed by atoms with Crippen LogP contribution in [0.2, 0.25) is 0 Å². The van der Waals surface area contributed by atoms with Crippen LogP contribution in [0.25, 0.3) is 0 Å². The van der Waals surface area contributed by atoms with Crippen molar-refractivity contribution in [2.45, 2.75) is 58.4 Å². The van der Waals surface area contributed by atoms with Crippen molar-refractivity contribution in [3.05, 3.63) is 28.8 Å². The van der Waals surface area contributed by atoms with E-state index in [0.29, 0.717) is 18.2 Å². The summed E-state index contributed by atoms with van der Waals surface area (Å²) in [6.07, 6.45) is 7.76. The van der Waals surface area contributed by atoms with Crippen molar-refractivity contribution in [2.75, 3.05) is 39.5 Å². The molecule has 0 unspecified atom stereocenters. The minimum atomic E-state index is 0.367. The molecule has 1 aliphatic carbocycles. The molecule has 1 fully saturated rings. The smallest absolute Gasteiger partial charge is 0.191 e. The Bertz CT molecular complexity index is 657. The van der Waals surface area contributed by atoms with Crippen LogP contribution in [-0.4, -0.2) is 50.6 Å². The van der Waals surface area contributed by atoms with Crippen LogP contribution in [0.4, 0.5) is 0 Å². The molecule has 2 aliphatic rings. The normalized spacial score (nSPS) is 17.8. The molecule has 6 heteroatoms. The fourth-order valence-electron chi connectivity index (χ4n) is 4.11. The molecule has 0 aromatic heterocycles. The zero-order chi connectivity index (χ0) is 20.3. The highest BCUT2D eigenvalue weighted by atomic mass is 16.5. The largest absolute Gasteiger partial charge is 0.508 e. The van der Waals surface area contributed by atoms with Gasteiger partial charge in [0.15, 0.2) is 5.96 Å². The van der Waals surface area contributed by atoms with Crippen LogP contribution in [0.1, 0.15) is 55.7 Å². The van der Waals surface area contributed by atoms with E-state index in [1.54, 1.807) is 0 Å². The third-order valence-corrected chi connectivity index (χ3v) is 5.82. The molecular weight excluding hydrogens is 366 g/mol. The van der Waals surface area contributed by atoms with Gasteiger partial charge in [-0.15, -0.1) is 0 Å². The second-order valence-corrected chi connectivity index (χ2v) is 8.01. The van der Waals surface area contributed by atoms with E-state index in [1.165, 1.54) is 24.0 Å². The van der Waals surface area contributed by atoms with Gasteiger partial charge in [-0.1, -0.05) is 6.07 Å². The summed E-state index contributed by atoms with van der Waals surface area (Å²) in [6.45, 7) is 7.55. The zero-order valence-corrected chi connectivity index (χ0v) is 17.8. The summed E-state index contributed by atoms with van der Waals surface area (Å²) in [4.78, 5) is 4.72. The zero-order valence-electron chi connectivity index (χ0n) is 17.8. The predicted octanol–water partition coefficient (Wildman–Crippen LogP) is 3.16. The summed E-state index contributed by atoms with van der Waals surface area (Å²) in [5, 5.41) is 17.0. The van der Waals surface area contributed by atoms with Gasteiger partial charge < -0.3 is 25.2 Å². The van der Waals surface area contributed by atoms with Gasteiger partial charge in [-0.05, 0) is 75.0 Å². The van der Waals surface area contributed by atoms with Crippen LogP contribution in [0.3, 0.4) is 0 Å². The fourth-order valence-corrected chi connectivity index (χ4v) is 4.11. The minimum absolute atomic E-state index is 0.367. The van der Waals surface area contributed by atoms with E-state index in [1.807, 2.05) is 6.07 Å². The molecule has 6 nitrogen and oxygen atoms in total. The Morgan fingerprint density at radius 2 is 2.03 bits per heavy atom. The van der Waals surface area contributed by atoms with Crippen molar-refractivity contribution in [1.29, 1.82) is 0 Å². The first-order chi connectivity index (χ1) is 14.3. The quantitative estimate of drug-likeness (QED) is 0.335. The molecule has 0 spiro atoms. The third kappa shape index (κ3) is 6.89. The molecule has 1 saturated heterocycles. The number of rotatable bonds is 9. The van der Waals surface area contributed by atoms with Gasteiger partial charge in [-0.25, -0.2) is 4.99 Å². The van der Waals surface area contributed by atoms with Gasteiger partial charge >= 0.3 is 0 Å². The van der Waals surface area contributed by atoms with Crippen LogP contribution in [0.15, 0.2) is 17.1 Å². The van der Waals surface area contributed by atoms with Crippen molar-refractivity contribution in [3.63, 3.8) is 0 Å². The summed E-state index contributed by atoms with van der Waals surface area (Å²) in [7, 11) is 0. The van der Waals surface area contributed by atoms with E-state index in [-0.39, 0.29) is 0 Å². The first-order valence-electron chi connectivity index (χ1n) is 11.3. The van der Waals surface area contributed by atoms with Crippen LogP contribution < -0.4 is 10.6 Å². The van der Waals surface area contributed by atoms with Crippen molar-refractivity contribution < 1.29 is 14.6 Å². The molecule has 0 bridgehead atoms. The number of hydrogen-bond acceptors (Lipinski definition) is 4. The molecule has 1 heterocycles. The number of benzene rings is 1. The van der Waals surface area contributed by atoms with Gasteiger partial charge in [0, 0.05) is 45.1 Å². The number of aliphatic imine (C=N–C) groups is 1. The standard InChI is InChI=1S/C23H37N3O3/c1-2-24-23(25-12-5-13-29-17-18-10-14-28-15-11-18)26-16-21-20-7-4-3-6-19(20)8-9-22(21)27/h8-9,18,27H,2-7,10-17H2,1H3,(H2,24,25,26). The lowest BCUT2D eigenvalue weighted by Gasteiger charge is -2.21. The lowest BCUT2D eigenvalue weighted by Crippen LogP contribution is -2.38. The summed E-state index contributed by atoms with van der Waals surface area (Å²) in [5.41, 5.74) is 3.66. The molecule has 0 radical (unpaired) electrons. The minimum Gasteiger partial charge on any atom is -0.508 e. The molecule has 1 aliphatic heterocycles. The third-order valence-electron chi connectivity index (χ3n) is 5.82. The number of aromatic hydroxyl groups is 1. The second-order valence-electron chi connectivity index (χ2n) is 8.01. The van der Waals surface area contributed by atoms with Crippen LogP contribution in [-0.2, 0) is 28.9 Å². The summed E-state index contributed by atoms with van der Waals surface area (Å²) in [5.74, 6) is 1.82. The lowest BCUT2D eigenvalue weighted by atomic mass is 9.88. The molecule has 1 aromatic carbocycles. The second kappa shape index (κ2) is 12.0. The van der Waals surface area contributed by atoms with Crippen molar-refractivity contribution in [1.82, 2.24) is 10.6 Å². The predicted molar refractivity (Wildman–Crippen MR) is 117 cm³/mol. The Morgan fingerprint density at radius 3 is 2.86 bits per heavy atom. The topological polar surface area (TPSA) is 75.1 Å². The lowest BCUT2D eigenvalue weighted by molar-refractivity contribution is 0.0203. The monoisotopic (exact) mass is 403 g/mol. The maximum Gasteiger partial charge on any atom is 0.191 e. The molecule has 3 rings (SSSR count). The van der Waals surface area contributed by atoms with Gasteiger partial charge in [0.05, 0.1) is 6.54 Å². The van der Waals surface area contributed by atoms with Crippen LogP contribution in [0, 0.1) is 5.92 Å². The van der Waals surface area contributed by atoms with Crippen LogP contribution >= 0.6 is 0 Å². The highest BCUT2D eigenvalue weighted by Gasteiger charge is 2.16. The SMILES string of the molecule is CCNC(=NCc1c(O)ccc2c1CCCC2)NCCCOCC1CCOCC1. The summed E-state index contributed by atoms with van der Waals surface area (Å²) < 4.78 is 11.2. The Hall–Kier alpha value is -1.79. The van der Waals surface area contributed by atoms with Crippen molar-refractivity contribution in [2.24, 2.45) is 10.9 Å².